The summed E-state index contributed by atoms with van der Waals surface area (Å²) in [7, 11) is 1.51. The van der Waals surface area contributed by atoms with E-state index in [0.717, 1.165) is 27.9 Å². The third-order valence-corrected chi connectivity index (χ3v) is 6.34. The second kappa shape index (κ2) is 10.8. The van der Waals surface area contributed by atoms with E-state index in [0.29, 0.717) is 25.1 Å². The summed E-state index contributed by atoms with van der Waals surface area (Å²) < 4.78 is 5.39. The van der Waals surface area contributed by atoms with E-state index in [1.54, 1.807) is 30.9 Å². The van der Waals surface area contributed by atoms with Crippen LogP contribution in [-0.4, -0.2) is 36.5 Å². The molecule has 3 amide bonds. The van der Waals surface area contributed by atoms with Gasteiger partial charge in [-0.3, -0.25) is 9.59 Å². The van der Waals surface area contributed by atoms with Crippen LogP contribution in [-0.2, 0) is 22.6 Å². The van der Waals surface area contributed by atoms with Gasteiger partial charge in [0, 0.05) is 18.3 Å². The van der Waals surface area contributed by atoms with Crippen molar-refractivity contribution in [3.8, 4) is 16.9 Å². The highest BCUT2D eigenvalue weighted by atomic mass is 16.6. The van der Waals surface area contributed by atoms with Crippen molar-refractivity contribution in [2.75, 3.05) is 11.9 Å². The average Bonchev–Trinajstić information content (AvgIpc) is 3.01. The zero-order valence-electron chi connectivity index (χ0n) is 21.3. The summed E-state index contributed by atoms with van der Waals surface area (Å²) in [5, 5.41) is 5.31. The molecule has 0 spiro atoms. The summed E-state index contributed by atoms with van der Waals surface area (Å²) in [6.07, 6.45) is 0.618. The number of aryl methyl sites for hydroxylation is 1. The van der Waals surface area contributed by atoms with Gasteiger partial charge in [0.05, 0.1) is 12.1 Å². The van der Waals surface area contributed by atoms with Gasteiger partial charge < -0.3 is 26.0 Å². The number of para-hydroxylation sites is 2. The summed E-state index contributed by atoms with van der Waals surface area (Å²) in [5.74, 6) is -0.0812. The van der Waals surface area contributed by atoms with Crippen LogP contribution in [0.5, 0.6) is 5.75 Å². The van der Waals surface area contributed by atoms with Gasteiger partial charge in [0.25, 0.3) is 0 Å². The molecule has 3 aromatic carbocycles. The molecule has 8 nitrogen and oxygen atoms in total. The van der Waals surface area contributed by atoms with Crippen LogP contribution in [0.25, 0.3) is 11.1 Å². The Morgan fingerprint density at radius 1 is 1.03 bits per heavy atom. The highest BCUT2D eigenvalue weighted by Gasteiger charge is 2.34. The van der Waals surface area contributed by atoms with Crippen molar-refractivity contribution in [2.24, 2.45) is 5.73 Å². The van der Waals surface area contributed by atoms with E-state index in [1.807, 2.05) is 60.7 Å². The molecular weight excluding hydrogens is 468 g/mol. The van der Waals surface area contributed by atoms with Crippen LogP contribution >= 0.6 is 0 Å². The fourth-order valence-electron chi connectivity index (χ4n) is 4.27. The van der Waals surface area contributed by atoms with Gasteiger partial charge in [-0.05, 0) is 55.5 Å². The molecule has 4 rings (SSSR count). The first-order chi connectivity index (χ1) is 17.7. The number of nitrogens with zero attached hydrogens (tertiary/aromatic N) is 1. The Labute approximate surface area is 216 Å². The molecule has 1 atom stereocenters. The van der Waals surface area contributed by atoms with E-state index in [2.05, 4.69) is 10.6 Å². The highest BCUT2D eigenvalue weighted by molar-refractivity contribution is 6.01. The Morgan fingerprint density at radius 2 is 1.70 bits per heavy atom. The molecule has 8 heteroatoms. The second-order valence-corrected chi connectivity index (χ2v) is 9.67. The number of nitrogens with two attached hydrogens (primary N) is 1. The molecule has 37 heavy (non-hydrogen) atoms. The quantitative estimate of drug-likeness (QED) is 0.477. The van der Waals surface area contributed by atoms with Crippen LogP contribution in [0.3, 0.4) is 0 Å². The molecule has 0 saturated heterocycles. The molecule has 192 valence electrons. The van der Waals surface area contributed by atoms with Crippen LogP contribution in [0.4, 0.5) is 10.5 Å². The monoisotopic (exact) mass is 500 g/mol. The molecule has 0 aliphatic carbocycles. The number of hydrogen-bond acceptors (Lipinski definition) is 5. The molecule has 4 N–H and O–H groups in total. The van der Waals surface area contributed by atoms with Crippen molar-refractivity contribution in [3.05, 3.63) is 83.9 Å². The Kier molecular flexibility index (Phi) is 7.59. The molecule has 1 aliphatic rings. The number of ether oxygens (including phenoxy) is 1. The van der Waals surface area contributed by atoms with Crippen molar-refractivity contribution < 1.29 is 19.1 Å². The van der Waals surface area contributed by atoms with Gasteiger partial charge in [0.15, 0.2) is 0 Å². The molecular formula is C29H32N4O4. The van der Waals surface area contributed by atoms with Gasteiger partial charge in [-0.25, -0.2) is 4.79 Å². The number of anilines is 1. The topological polar surface area (TPSA) is 114 Å². The summed E-state index contributed by atoms with van der Waals surface area (Å²) in [5.41, 5.74) is 9.34. The number of amides is 3. The number of benzene rings is 3. The van der Waals surface area contributed by atoms with E-state index < -0.39 is 17.7 Å². The normalized spacial score (nSPS) is 15.4. The molecule has 0 radical (unpaired) electrons. The molecule has 1 heterocycles. The smallest absolute Gasteiger partial charge is 0.410 e. The van der Waals surface area contributed by atoms with E-state index in [9.17, 15) is 14.4 Å². The molecule has 0 unspecified atom stereocenters. The van der Waals surface area contributed by atoms with Gasteiger partial charge in [-0.2, -0.15) is 0 Å². The van der Waals surface area contributed by atoms with E-state index >= 15 is 0 Å². The maximum Gasteiger partial charge on any atom is 0.412 e. The van der Waals surface area contributed by atoms with Crippen LogP contribution in [0.15, 0.2) is 72.8 Å². The molecule has 0 bridgehead atoms. The first kappa shape index (κ1) is 25.9. The van der Waals surface area contributed by atoms with Gasteiger partial charge in [-0.1, -0.05) is 60.7 Å². The lowest BCUT2D eigenvalue weighted by molar-refractivity contribution is -0.130. The van der Waals surface area contributed by atoms with Gasteiger partial charge in [-0.15, -0.1) is 0 Å². The maximum atomic E-state index is 13.7. The number of hydrogen-bond donors (Lipinski definition) is 3. The summed E-state index contributed by atoms with van der Waals surface area (Å²) in [4.78, 5) is 39.7. The lowest BCUT2D eigenvalue weighted by Gasteiger charge is -2.28. The fraction of sp³-hybridized carbons (Fsp3) is 0.276. The number of rotatable bonds is 6. The number of carbonyl (C=O) groups excluding carboxylic acids is 3. The summed E-state index contributed by atoms with van der Waals surface area (Å²) >= 11 is 0. The predicted molar refractivity (Wildman–Crippen MR) is 143 cm³/mol. The zero-order chi connectivity index (χ0) is 26.6. The Balaban J connectivity index is 1.60. The van der Waals surface area contributed by atoms with E-state index in [1.165, 1.54) is 7.05 Å². The first-order valence-electron chi connectivity index (χ1n) is 12.2. The average molecular weight is 501 g/mol. The Morgan fingerprint density at radius 3 is 2.41 bits per heavy atom. The minimum absolute atomic E-state index is 0.170. The van der Waals surface area contributed by atoms with Crippen molar-refractivity contribution in [2.45, 2.75) is 44.8 Å². The van der Waals surface area contributed by atoms with Crippen LogP contribution in [0, 0.1) is 0 Å². The number of fused-ring (bicyclic) bond motifs is 1. The second-order valence-electron chi connectivity index (χ2n) is 9.67. The lowest BCUT2D eigenvalue weighted by Crippen LogP contribution is -2.56. The SMILES string of the molecule is CNC(=O)Oc1ccccc1-c1ccc(CN2C(=O)[C@H](NC(=O)C(C)(C)N)CCc3ccccc32)cc1. The molecule has 0 fully saturated rings. The third kappa shape index (κ3) is 5.98. The van der Waals surface area contributed by atoms with Crippen LogP contribution in [0.1, 0.15) is 31.4 Å². The maximum absolute atomic E-state index is 13.7. The number of carbonyl (C=O) groups is 3. The minimum Gasteiger partial charge on any atom is -0.410 e. The molecule has 1 aliphatic heterocycles. The van der Waals surface area contributed by atoms with E-state index in [4.69, 9.17) is 10.5 Å². The Hall–Kier alpha value is -4.17. The third-order valence-electron chi connectivity index (χ3n) is 6.34. The van der Waals surface area contributed by atoms with Crippen molar-refractivity contribution in [1.82, 2.24) is 10.6 Å². The highest BCUT2D eigenvalue weighted by Crippen LogP contribution is 2.32. The fourth-order valence-corrected chi connectivity index (χ4v) is 4.27. The molecule has 3 aromatic rings. The van der Waals surface area contributed by atoms with Crippen LogP contribution < -0.4 is 26.0 Å². The summed E-state index contributed by atoms with van der Waals surface area (Å²) in [6, 6.07) is 22.2. The Bertz CT molecular complexity index is 1300. The predicted octanol–water partition coefficient (Wildman–Crippen LogP) is 3.77. The largest absolute Gasteiger partial charge is 0.412 e. The number of nitrogens with one attached hydrogen (secondary N) is 2. The minimum atomic E-state index is -1.09. The van der Waals surface area contributed by atoms with Gasteiger partial charge >= 0.3 is 6.09 Å². The first-order valence-corrected chi connectivity index (χ1v) is 12.2. The van der Waals surface area contributed by atoms with Crippen molar-refractivity contribution >= 4 is 23.6 Å². The van der Waals surface area contributed by atoms with Gasteiger partial charge in [0.1, 0.15) is 11.8 Å². The molecule has 0 aromatic heterocycles. The lowest BCUT2D eigenvalue weighted by atomic mass is 10.0. The standard InChI is InChI=1S/C29H32N4O4/c1-29(2,30)27(35)32-23-17-16-21-8-4-6-10-24(21)33(26(23)34)18-19-12-14-20(15-13-19)22-9-5-7-11-25(22)37-28(36)31-3/h4-15,23H,16-18,30H2,1-3H3,(H,31,36)(H,32,35)/t23-/m1/s1. The summed E-state index contributed by atoms with van der Waals surface area (Å²) in [6.45, 7) is 3.58. The molecule has 0 saturated carbocycles. The van der Waals surface area contributed by atoms with Crippen molar-refractivity contribution in [1.29, 1.82) is 0 Å². The van der Waals surface area contributed by atoms with Crippen molar-refractivity contribution in [3.63, 3.8) is 0 Å². The zero-order valence-corrected chi connectivity index (χ0v) is 21.3. The van der Waals surface area contributed by atoms with Crippen LogP contribution in [0.2, 0.25) is 0 Å². The van der Waals surface area contributed by atoms with Gasteiger partial charge in [0.2, 0.25) is 11.8 Å². The van der Waals surface area contributed by atoms with E-state index in [-0.39, 0.29) is 11.8 Å².